The van der Waals surface area contributed by atoms with E-state index in [1.165, 1.54) is 133 Å². The minimum atomic E-state index is -0.634. The fourth-order valence-electron chi connectivity index (χ4n) is 19.5. The number of hydrogen-bond donors (Lipinski definition) is 0. The van der Waals surface area contributed by atoms with Crippen LogP contribution in [0.4, 0.5) is 34.1 Å². The van der Waals surface area contributed by atoms with Crippen molar-refractivity contribution in [3.05, 3.63) is 478 Å². The Morgan fingerprint density at radius 3 is 1.06 bits per heavy atom. The van der Waals surface area contributed by atoms with Gasteiger partial charge in [0.1, 0.15) is 0 Å². The summed E-state index contributed by atoms with van der Waals surface area (Å²) in [6.45, 7) is 4.47. The van der Waals surface area contributed by atoms with Crippen LogP contribution < -0.4 is 9.80 Å². The number of aryl methyl sites for hydroxylation is 2. The van der Waals surface area contributed by atoms with E-state index in [1.54, 1.807) is 0 Å². The Hall–Kier alpha value is -13.4. The van der Waals surface area contributed by atoms with Crippen LogP contribution in [0.5, 0.6) is 0 Å². The molecule has 2 heteroatoms. The second-order valence-electron chi connectivity index (χ2n) is 29.5. The normalized spacial score (nSPS) is 13.7. The van der Waals surface area contributed by atoms with Gasteiger partial charge in [0.2, 0.25) is 0 Å². The van der Waals surface area contributed by atoms with Crippen molar-refractivity contribution in [1.82, 2.24) is 0 Å². The third-order valence-electron chi connectivity index (χ3n) is 23.9. The summed E-state index contributed by atoms with van der Waals surface area (Å²) in [5.41, 5.74) is 37.1. The molecule has 0 amide bonds. The molecule has 0 N–H and O–H groups in total. The minimum Gasteiger partial charge on any atom is -0.310 e. The van der Waals surface area contributed by atoms with Crippen LogP contribution in [0.1, 0.15) is 77.9 Å². The van der Waals surface area contributed by atoms with Gasteiger partial charge >= 0.3 is 0 Å². The molecule has 0 heterocycles. The average molecular weight is 1360 g/mol. The second-order valence-corrected chi connectivity index (χ2v) is 29.5. The van der Waals surface area contributed by atoms with E-state index in [1.807, 2.05) is 0 Å². The van der Waals surface area contributed by atoms with Gasteiger partial charge in [-0.15, -0.1) is 0 Å². The van der Waals surface area contributed by atoms with Crippen LogP contribution in [0.2, 0.25) is 0 Å². The van der Waals surface area contributed by atoms with Crippen LogP contribution in [0, 0.1) is 13.8 Å². The molecule has 4 aliphatic rings. The first-order valence-corrected chi connectivity index (χ1v) is 37.4. The molecule has 0 atom stereocenters. The summed E-state index contributed by atoms with van der Waals surface area (Å²) < 4.78 is 0. The largest absolute Gasteiger partial charge is 0.310 e. The first-order valence-electron chi connectivity index (χ1n) is 37.4. The highest BCUT2D eigenvalue weighted by atomic mass is 15.2. The van der Waals surface area contributed by atoms with Gasteiger partial charge in [-0.2, -0.15) is 0 Å². The van der Waals surface area contributed by atoms with E-state index < -0.39 is 16.2 Å². The van der Waals surface area contributed by atoms with Crippen LogP contribution in [0.15, 0.2) is 400 Å². The Labute approximate surface area is 625 Å². The van der Waals surface area contributed by atoms with Gasteiger partial charge in [0.15, 0.2) is 0 Å². The molecule has 0 fully saturated rings. The molecule has 0 aliphatic heterocycles. The van der Waals surface area contributed by atoms with Crippen molar-refractivity contribution in [2.24, 2.45) is 0 Å². The van der Waals surface area contributed by atoms with Gasteiger partial charge in [-0.05, 0) is 219 Å². The van der Waals surface area contributed by atoms with Gasteiger partial charge in [-0.25, -0.2) is 0 Å². The Balaban J connectivity index is 0.774. The van der Waals surface area contributed by atoms with Crippen LogP contribution in [-0.2, 0) is 16.2 Å². The quantitative estimate of drug-likeness (QED) is 0.120. The van der Waals surface area contributed by atoms with E-state index in [2.05, 4.69) is 424 Å². The first kappa shape index (κ1) is 62.2. The van der Waals surface area contributed by atoms with Crippen molar-refractivity contribution in [3.8, 4) is 66.8 Å². The summed E-state index contributed by atoms with van der Waals surface area (Å²) in [4.78, 5) is 5.06. The zero-order valence-electron chi connectivity index (χ0n) is 59.5. The average Bonchev–Trinajstić information content (AvgIpc) is 1.52. The van der Waals surface area contributed by atoms with E-state index in [4.69, 9.17) is 0 Å². The van der Waals surface area contributed by atoms with Crippen LogP contribution >= 0.6 is 0 Å². The van der Waals surface area contributed by atoms with Crippen molar-refractivity contribution in [2.75, 3.05) is 9.80 Å². The zero-order chi connectivity index (χ0) is 71.0. The number of benzene rings is 17. The van der Waals surface area contributed by atoms with Crippen LogP contribution in [0.25, 0.3) is 77.5 Å². The van der Waals surface area contributed by atoms with Gasteiger partial charge in [0, 0.05) is 34.0 Å². The fraction of sp³-hybridized carbons (Fsp3) is 0.0476. The maximum atomic E-state index is 2.55. The molecule has 2 nitrogen and oxygen atoms in total. The molecule has 17 aromatic carbocycles. The highest BCUT2D eigenvalue weighted by Gasteiger charge is 2.53. The smallest absolute Gasteiger partial charge is 0.0726 e. The lowest BCUT2D eigenvalue weighted by Crippen LogP contribution is -2.29. The fourth-order valence-corrected chi connectivity index (χ4v) is 19.5. The zero-order valence-corrected chi connectivity index (χ0v) is 59.5. The van der Waals surface area contributed by atoms with Crippen molar-refractivity contribution in [2.45, 2.75) is 30.1 Å². The highest BCUT2D eigenvalue weighted by molar-refractivity contribution is 6.03. The Morgan fingerprint density at radius 1 is 0.187 bits per heavy atom. The van der Waals surface area contributed by atoms with Crippen LogP contribution in [0.3, 0.4) is 0 Å². The van der Waals surface area contributed by atoms with Crippen molar-refractivity contribution in [3.63, 3.8) is 0 Å². The van der Waals surface area contributed by atoms with Gasteiger partial charge < -0.3 is 9.80 Å². The molecular formula is C105H72N2. The number of hydrogen-bond acceptors (Lipinski definition) is 2. The standard InChI is InChI=1S/C105H72N2/c1-69-47-58-87-89-61-56-82(67-99(89)103(97(87)63-69,75-31-10-4-11-32-75)76-33-12-5-13-34-76)106(83-57-62-90-88-59-48-70(2)64-98(88)104(100(90)68-83,77-35-14-6-15-36-77)78-37-16-7-17-38-78)81-55-60-84(92(66-81)72-28-8-3-9-29-72)73-50-52-79(53-51-73)107(80-54-49-71-27-18-19-30-74(71)65-80)101-46-26-45-96-102(101)91-41-22-25-44-95(91)105(96)93-42-23-20-39-85(93)86-40-21-24-43-94(86)105/h3-68H,1-2H3. The molecule has 107 heavy (non-hydrogen) atoms. The van der Waals surface area contributed by atoms with E-state index in [0.29, 0.717) is 0 Å². The number of anilines is 6. The summed E-state index contributed by atoms with van der Waals surface area (Å²) in [5, 5.41) is 2.40. The predicted octanol–water partition coefficient (Wildman–Crippen LogP) is 26.8. The monoisotopic (exact) mass is 1360 g/mol. The van der Waals surface area contributed by atoms with Crippen molar-refractivity contribution in [1.29, 1.82) is 0 Å². The van der Waals surface area contributed by atoms with Gasteiger partial charge in [0.05, 0.1) is 21.9 Å². The van der Waals surface area contributed by atoms with Crippen molar-refractivity contribution >= 4 is 44.9 Å². The van der Waals surface area contributed by atoms with E-state index >= 15 is 0 Å². The van der Waals surface area contributed by atoms with Gasteiger partial charge in [-0.1, -0.05) is 345 Å². The predicted molar refractivity (Wildman–Crippen MR) is 445 cm³/mol. The summed E-state index contributed by atoms with van der Waals surface area (Å²) in [5.74, 6) is 0. The summed E-state index contributed by atoms with van der Waals surface area (Å²) in [6, 6.07) is 151. The molecule has 0 saturated heterocycles. The Morgan fingerprint density at radius 2 is 0.542 bits per heavy atom. The van der Waals surface area contributed by atoms with Gasteiger partial charge in [0.25, 0.3) is 0 Å². The second kappa shape index (κ2) is 24.4. The maximum absolute atomic E-state index is 2.55. The van der Waals surface area contributed by atoms with E-state index in [0.717, 1.165) is 56.4 Å². The molecular weight excluding hydrogens is 1290 g/mol. The molecule has 0 unspecified atom stereocenters. The summed E-state index contributed by atoms with van der Waals surface area (Å²) in [7, 11) is 0. The Kier molecular flexibility index (Phi) is 14.2. The SMILES string of the molecule is Cc1ccc2c(c1)C(c1ccccc1)(c1ccccc1)c1cc(N(c3ccc(-c4ccc(N(c5ccc6ccccc6c5)c5cccc6c5-c5ccccc5C65c6ccccc6-c6ccccc65)cc4)c(-c4ccccc4)c3)c3ccc4c(c3)C(c3ccccc3)(c3ccccc3)c3cc(C)ccc3-4)ccc1-2. The third-order valence-corrected chi connectivity index (χ3v) is 23.9. The molecule has 17 aromatic rings. The van der Waals surface area contributed by atoms with Gasteiger partial charge in [-0.3, -0.25) is 0 Å². The van der Waals surface area contributed by atoms with Crippen molar-refractivity contribution < 1.29 is 0 Å². The molecule has 0 radical (unpaired) electrons. The highest BCUT2D eigenvalue weighted by Crippen LogP contribution is 2.66. The molecule has 1 spiro atoms. The maximum Gasteiger partial charge on any atom is 0.0726 e. The molecule has 0 saturated carbocycles. The number of rotatable bonds is 12. The molecule has 0 bridgehead atoms. The van der Waals surface area contributed by atoms with E-state index in [9.17, 15) is 0 Å². The van der Waals surface area contributed by atoms with Crippen LogP contribution in [-0.4, -0.2) is 0 Å². The molecule has 21 rings (SSSR count). The first-order chi connectivity index (χ1) is 52.9. The molecule has 4 aliphatic carbocycles. The lowest BCUT2D eigenvalue weighted by atomic mass is 9.67. The van der Waals surface area contributed by atoms with E-state index in [-0.39, 0.29) is 0 Å². The Bertz CT molecular complexity index is 6080. The lowest BCUT2D eigenvalue weighted by Gasteiger charge is -2.36. The molecule has 0 aromatic heterocycles. The minimum absolute atomic E-state index is 0.495. The summed E-state index contributed by atoms with van der Waals surface area (Å²) in [6.07, 6.45) is 0. The third kappa shape index (κ3) is 9.13. The number of nitrogens with zero attached hydrogens (tertiary/aromatic N) is 2. The molecule has 502 valence electrons. The topological polar surface area (TPSA) is 6.48 Å². The number of fused-ring (bicyclic) bond motifs is 17. The lowest BCUT2D eigenvalue weighted by molar-refractivity contribution is 0.766. The summed E-state index contributed by atoms with van der Waals surface area (Å²) >= 11 is 0.